The molecule has 1 unspecified atom stereocenters. The van der Waals surface area contributed by atoms with Crippen LogP contribution in [0.1, 0.15) is 36.2 Å². The Hall–Kier alpha value is -1.93. The molecule has 1 aromatic rings. The number of hydrogen-bond donors (Lipinski definition) is 2. The zero-order valence-corrected chi connectivity index (χ0v) is 14.6. The maximum atomic E-state index is 12.5. The van der Waals surface area contributed by atoms with Crippen LogP contribution >= 0.6 is 0 Å². The molecular weight excluding hydrogens is 332 g/mol. The van der Waals surface area contributed by atoms with Crippen molar-refractivity contribution in [3.05, 3.63) is 35.4 Å². The van der Waals surface area contributed by atoms with Crippen LogP contribution < -0.4 is 4.72 Å². The largest absolute Gasteiger partial charge is 0.481 e. The van der Waals surface area contributed by atoms with Crippen LogP contribution in [0.2, 0.25) is 0 Å². The van der Waals surface area contributed by atoms with Crippen LogP contribution in [0.25, 0.3) is 0 Å². The molecule has 1 aliphatic rings. The third-order valence-corrected chi connectivity index (χ3v) is 5.70. The van der Waals surface area contributed by atoms with Crippen molar-refractivity contribution in [3.63, 3.8) is 0 Å². The van der Waals surface area contributed by atoms with Gasteiger partial charge in [0.05, 0.1) is 11.2 Å². The molecule has 2 N–H and O–H groups in total. The Kier molecular flexibility index (Phi) is 5.29. The molecule has 1 heterocycles. The highest BCUT2D eigenvalue weighted by atomic mass is 32.2. The molecule has 7 nitrogen and oxygen atoms in total. The smallest absolute Gasteiger partial charge is 0.311 e. The van der Waals surface area contributed by atoms with Crippen molar-refractivity contribution in [1.82, 2.24) is 9.62 Å². The minimum Gasteiger partial charge on any atom is -0.481 e. The Bertz CT molecular complexity index is 729. The summed E-state index contributed by atoms with van der Waals surface area (Å²) < 4.78 is 25.3. The van der Waals surface area contributed by atoms with E-state index in [1.807, 2.05) is 0 Å². The highest BCUT2D eigenvalue weighted by molar-refractivity contribution is 7.89. The first-order chi connectivity index (χ1) is 11.2. The van der Waals surface area contributed by atoms with Crippen molar-refractivity contribution in [1.29, 1.82) is 0 Å². The fourth-order valence-corrected chi connectivity index (χ4v) is 3.14. The van der Waals surface area contributed by atoms with Gasteiger partial charge in [0.2, 0.25) is 10.0 Å². The zero-order valence-electron chi connectivity index (χ0n) is 13.8. The van der Waals surface area contributed by atoms with E-state index in [-0.39, 0.29) is 24.7 Å². The molecule has 1 atom stereocenters. The van der Waals surface area contributed by atoms with Gasteiger partial charge in [0, 0.05) is 25.2 Å². The van der Waals surface area contributed by atoms with E-state index in [0.29, 0.717) is 18.5 Å². The predicted molar refractivity (Wildman–Crippen MR) is 89.0 cm³/mol. The van der Waals surface area contributed by atoms with E-state index in [9.17, 15) is 23.1 Å². The third-order valence-electron chi connectivity index (χ3n) is 4.35. The molecule has 0 bridgehead atoms. The highest BCUT2D eigenvalue weighted by Gasteiger charge is 2.42. The summed E-state index contributed by atoms with van der Waals surface area (Å²) in [7, 11) is -3.26. The highest BCUT2D eigenvalue weighted by Crippen LogP contribution is 2.31. The van der Waals surface area contributed by atoms with Gasteiger partial charge in [0.1, 0.15) is 0 Å². The molecule has 24 heavy (non-hydrogen) atoms. The summed E-state index contributed by atoms with van der Waals surface area (Å²) >= 11 is 0. The standard InChI is InChI=1S/C16H22N2O5S/c1-3-24(22,23)17-10-12-4-6-13(7-5-12)14(19)18-9-8-16(2,11-18)15(20)21/h4-7,17H,3,8-11H2,1-2H3,(H,20,21). The van der Waals surface area contributed by atoms with Crippen molar-refractivity contribution in [2.45, 2.75) is 26.8 Å². The topological polar surface area (TPSA) is 104 Å². The van der Waals surface area contributed by atoms with Crippen LogP contribution in [-0.2, 0) is 21.4 Å². The number of amides is 1. The van der Waals surface area contributed by atoms with Crippen LogP contribution in [0.15, 0.2) is 24.3 Å². The van der Waals surface area contributed by atoms with Gasteiger partial charge >= 0.3 is 5.97 Å². The first-order valence-corrected chi connectivity index (χ1v) is 9.41. The van der Waals surface area contributed by atoms with Gasteiger partial charge in [-0.25, -0.2) is 13.1 Å². The molecule has 0 spiro atoms. The van der Waals surface area contributed by atoms with Crippen LogP contribution in [0.5, 0.6) is 0 Å². The Labute approximate surface area is 141 Å². The molecule has 1 amide bonds. The summed E-state index contributed by atoms with van der Waals surface area (Å²) in [6.45, 7) is 3.99. The van der Waals surface area contributed by atoms with Crippen molar-refractivity contribution in [3.8, 4) is 0 Å². The molecule has 8 heteroatoms. The molecule has 0 saturated carbocycles. The third kappa shape index (κ3) is 4.12. The summed E-state index contributed by atoms with van der Waals surface area (Å²) in [5.41, 5.74) is 0.320. The van der Waals surface area contributed by atoms with E-state index in [1.165, 1.54) is 0 Å². The van der Waals surface area contributed by atoms with E-state index < -0.39 is 21.4 Å². The number of rotatable bonds is 6. The lowest BCUT2D eigenvalue weighted by Crippen LogP contribution is -2.34. The maximum Gasteiger partial charge on any atom is 0.311 e. The van der Waals surface area contributed by atoms with Gasteiger partial charge in [0.25, 0.3) is 5.91 Å². The van der Waals surface area contributed by atoms with Gasteiger partial charge in [-0.1, -0.05) is 12.1 Å². The minimum atomic E-state index is -3.26. The summed E-state index contributed by atoms with van der Waals surface area (Å²) in [4.78, 5) is 25.3. The number of benzene rings is 1. The second-order valence-electron chi connectivity index (χ2n) is 6.26. The molecule has 1 fully saturated rings. The van der Waals surface area contributed by atoms with Crippen LogP contribution in [-0.4, -0.2) is 49.1 Å². The Morgan fingerprint density at radius 3 is 2.42 bits per heavy atom. The lowest BCUT2D eigenvalue weighted by Gasteiger charge is -2.20. The number of hydrogen-bond acceptors (Lipinski definition) is 4. The van der Waals surface area contributed by atoms with Crippen molar-refractivity contribution in [2.24, 2.45) is 5.41 Å². The first kappa shape index (κ1) is 18.4. The second-order valence-corrected chi connectivity index (χ2v) is 8.36. The van der Waals surface area contributed by atoms with E-state index >= 15 is 0 Å². The van der Waals surface area contributed by atoms with E-state index in [0.717, 1.165) is 5.56 Å². The molecular formula is C16H22N2O5S. The second kappa shape index (κ2) is 6.90. The quantitative estimate of drug-likeness (QED) is 0.795. The maximum absolute atomic E-state index is 12.5. The minimum absolute atomic E-state index is 0.0148. The number of aliphatic carboxylic acids is 1. The van der Waals surface area contributed by atoms with E-state index in [4.69, 9.17) is 0 Å². The average Bonchev–Trinajstić information content (AvgIpc) is 2.97. The Morgan fingerprint density at radius 2 is 1.92 bits per heavy atom. The van der Waals surface area contributed by atoms with Crippen molar-refractivity contribution in [2.75, 3.05) is 18.8 Å². The number of sulfonamides is 1. The number of nitrogens with zero attached hydrogens (tertiary/aromatic N) is 1. The predicted octanol–water partition coefficient (Wildman–Crippen LogP) is 1.06. The fraction of sp³-hybridized carbons (Fsp3) is 0.500. The van der Waals surface area contributed by atoms with Crippen LogP contribution in [0, 0.1) is 5.41 Å². The molecule has 1 aromatic carbocycles. The molecule has 0 radical (unpaired) electrons. The van der Waals surface area contributed by atoms with Crippen LogP contribution in [0.3, 0.4) is 0 Å². The molecule has 0 aromatic heterocycles. The van der Waals surface area contributed by atoms with Gasteiger partial charge < -0.3 is 10.0 Å². The Balaban J connectivity index is 2.01. The number of carboxylic acids is 1. The van der Waals surface area contributed by atoms with E-state index in [2.05, 4.69) is 4.72 Å². The lowest BCUT2D eigenvalue weighted by molar-refractivity contribution is -0.147. The van der Waals surface area contributed by atoms with Gasteiger partial charge in [-0.05, 0) is 38.0 Å². The number of carbonyl (C=O) groups excluding carboxylic acids is 1. The number of carbonyl (C=O) groups is 2. The molecule has 2 rings (SSSR count). The van der Waals surface area contributed by atoms with Gasteiger partial charge in [-0.3, -0.25) is 9.59 Å². The molecule has 0 aliphatic carbocycles. The normalized spacial score (nSPS) is 21.0. The monoisotopic (exact) mass is 354 g/mol. The van der Waals surface area contributed by atoms with Crippen molar-refractivity contribution >= 4 is 21.9 Å². The summed E-state index contributed by atoms with van der Waals surface area (Å²) in [5, 5.41) is 9.23. The average molecular weight is 354 g/mol. The summed E-state index contributed by atoms with van der Waals surface area (Å²) in [6, 6.07) is 6.65. The van der Waals surface area contributed by atoms with E-state index in [1.54, 1.807) is 43.0 Å². The summed E-state index contributed by atoms with van der Waals surface area (Å²) in [6.07, 6.45) is 0.435. The first-order valence-electron chi connectivity index (χ1n) is 7.76. The number of nitrogens with one attached hydrogen (secondary N) is 1. The number of likely N-dealkylation sites (tertiary alicyclic amines) is 1. The van der Waals surface area contributed by atoms with Crippen LogP contribution in [0.4, 0.5) is 0 Å². The Morgan fingerprint density at radius 1 is 1.29 bits per heavy atom. The van der Waals surface area contributed by atoms with Gasteiger partial charge in [0.15, 0.2) is 0 Å². The zero-order chi connectivity index (χ0) is 18.0. The fourth-order valence-electron chi connectivity index (χ4n) is 2.55. The number of carboxylic acid groups (broad SMARTS) is 1. The molecule has 1 saturated heterocycles. The molecule has 132 valence electrons. The van der Waals surface area contributed by atoms with Crippen molar-refractivity contribution < 1.29 is 23.1 Å². The molecule has 1 aliphatic heterocycles. The summed E-state index contributed by atoms with van der Waals surface area (Å²) in [5.74, 6) is -1.09. The SMILES string of the molecule is CCS(=O)(=O)NCc1ccc(C(=O)N2CCC(C)(C(=O)O)C2)cc1. The van der Waals surface area contributed by atoms with Gasteiger partial charge in [-0.2, -0.15) is 0 Å². The lowest BCUT2D eigenvalue weighted by atomic mass is 9.90. The van der Waals surface area contributed by atoms with Gasteiger partial charge in [-0.15, -0.1) is 0 Å².